The lowest BCUT2D eigenvalue weighted by atomic mass is 10.3. The van der Waals surface area contributed by atoms with Crippen molar-refractivity contribution in [2.75, 3.05) is 0 Å². The van der Waals surface area contributed by atoms with Gasteiger partial charge in [0.2, 0.25) is 0 Å². The maximum absolute atomic E-state index is 12.1. The van der Waals surface area contributed by atoms with Gasteiger partial charge in [-0.25, -0.2) is 9.36 Å². The Morgan fingerprint density at radius 1 is 1.21 bits per heavy atom. The summed E-state index contributed by atoms with van der Waals surface area (Å²) in [6.07, 6.45) is 1.28. The van der Waals surface area contributed by atoms with Crippen LogP contribution >= 0.6 is 70.0 Å². The Morgan fingerprint density at radius 3 is 2.47 bits per heavy atom. The lowest BCUT2D eigenvalue weighted by Crippen LogP contribution is -2.22. The fourth-order valence-electron chi connectivity index (χ4n) is 1.29. The summed E-state index contributed by atoms with van der Waals surface area (Å²) in [5, 5.41) is 4.60. The zero-order valence-electron chi connectivity index (χ0n) is 8.86. The topological polar surface area (TPSA) is 39.8 Å². The molecule has 0 saturated carbocycles. The molecular formula is C9H4Cl5N3OS. The van der Waals surface area contributed by atoms with Crippen molar-refractivity contribution < 1.29 is 0 Å². The van der Waals surface area contributed by atoms with Gasteiger partial charge in [0.15, 0.2) is 0 Å². The molecule has 0 amide bonds. The first-order chi connectivity index (χ1) is 8.78. The van der Waals surface area contributed by atoms with Gasteiger partial charge in [0, 0.05) is 17.0 Å². The lowest BCUT2D eigenvalue weighted by Gasteiger charge is -2.07. The van der Waals surface area contributed by atoms with Crippen molar-refractivity contribution in [3.8, 4) is 5.69 Å². The summed E-state index contributed by atoms with van der Waals surface area (Å²) in [4.78, 5) is 12.1. The van der Waals surface area contributed by atoms with E-state index in [4.69, 9.17) is 58.0 Å². The van der Waals surface area contributed by atoms with Crippen molar-refractivity contribution in [3.05, 3.63) is 45.1 Å². The molecule has 19 heavy (non-hydrogen) atoms. The molecule has 2 rings (SSSR count). The van der Waals surface area contributed by atoms with E-state index in [1.807, 2.05) is 0 Å². The minimum atomic E-state index is -1.69. The molecule has 0 aliphatic rings. The monoisotopic (exact) mass is 377 g/mol. The van der Waals surface area contributed by atoms with Crippen LogP contribution in [0.1, 0.15) is 0 Å². The highest BCUT2D eigenvalue weighted by Gasteiger charge is 2.24. The van der Waals surface area contributed by atoms with Gasteiger partial charge >= 0.3 is 5.69 Å². The van der Waals surface area contributed by atoms with Crippen LogP contribution in [0.25, 0.3) is 5.69 Å². The molecule has 0 radical (unpaired) electrons. The average Bonchev–Trinajstić information content (AvgIpc) is 2.59. The molecular weight excluding hydrogens is 375 g/mol. The van der Waals surface area contributed by atoms with Crippen LogP contribution in [0.5, 0.6) is 0 Å². The molecule has 4 nitrogen and oxygen atoms in total. The van der Waals surface area contributed by atoms with Crippen molar-refractivity contribution >= 4 is 70.0 Å². The Hall–Kier alpha value is -0.0400. The van der Waals surface area contributed by atoms with E-state index in [0.717, 1.165) is 4.09 Å². The number of hydrogen-bond acceptors (Lipinski definition) is 3. The third-order valence-electron chi connectivity index (χ3n) is 2.00. The van der Waals surface area contributed by atoms with Crippen molar-refractivity contribution in [1.29, 1.82) is 0 Å². The molecule has 0 aliphatic carbocycles. The summed E-state index contributed by atoms with van der Waals surface area (Å²) < 4.78 is 0.493. The summed E-state index contributed by atoms with van der Waals surface area (Å²) >= 11 is 29.2. The maximum Gasteiger partial charge on any atom is 0.361 e. The van der Waals surface area contributed by atoms with Crippen LogP contribution in [0, 0.1) is 0 Å². The molecule has 102 valence electrons. The fraction of sp³-hybridized carbons (Fsp3) is 0.111. The molecule has 10 heteroatoms. The van der Waals surface area contributed by atoms with Crippen LogP contribution in [0.2, 0.25) is 10.0 Å². The Bertz CT molecular complexity index is 663. The van der Waals surface area contributed by atoms with Gasteiger partial charge in [-0.3, -0.25) is 0 Å². The number of halogens is 5. The predicted octanol–water partition coefficient (Wildman–Crippen LogP) is 4.16. The minimum absolute atomic E-state index is 0.313. The fourth-order valence-corrected chi connectivity index (χ4v) is 2.83. The van der Waals surface area contributed by atoms with Gasteiger partial charge < -0.3 is 0 Å². The number of alkyl halides is 3. The van der Waals surface area contributed by atoms with E-state index in [9.17, 15) is 4.79 Å². The van der Waals surface area contributed by atoms with Gasteiger partial charge in [-0.05, 0) is 18.2 Å². The molecule has 0 spiro atoms. The van der Waals surface area contributed by atoms with Crippen LogP contribution in [-0.4, -0.2) is 16.9 Å². The van der Waals surface area contributed by atoms with Gasteiger partial charge in [0.25, 0.3) is 3.12 Å². The van der Waals surface area contributed by atoms with Crippen LogP contribution in [0.15, 0.2) is 29.3 Å². The summed E-state index contributed by atoms with van der Waals surface area (Å²) in [6, 6.07) is 4.72. The first-order valence-corrected chi connectivity index (χ1v) is 7.32. The van der Waals surface area contributed by atoms with Crippen molar-refractivity contribution in [3.63, 3.8) is 0 Å². The molecule has 2 aromatic rings. The number of benzene rings is 1. The van der Waals surface area contributed by atoms with Crippen LogP contribution in [0.4, 0.5) is 0 Å². The summed E-state index contributed by atoms with van der Waals surface area (Å²) in [6.45, 7) is 0. The van der Waals surface area contributed by atoms with E-state index >= 15 is 0 Å². The maximum atomic E-state index is 12.1. The first-order valence-electron chi connectivity index (χ1n) is 4.66. The Morgan fingerprint density at radius 2 is 1.89 bits per heavy atom. The lowest BCUT2D eigenvalue weighted by molar-refractivity contribution is 0.936. The highest BCUT2D eigenvalue weighted by atomic mass is 35.6. The average molecular weight is 379 g/mol. The Balaban J connectivity index is 2.45. The third kappa shape index (κ3) is 3.74. The number of nitrogens with zero attached hydrogens (tertiary/aromatic N) is 3. The van der Waals surface area contributed by atoms with Crippen LogP contribution < -0.4 is 5.69 Å². The van der Waals surface area contributed by atoms with Crippen molar-refractivity contribution in [2.45, 2.75) is 3.12 Å². The Kier molecular flexibility index (Phi) is 4.65. The molecule has 0 aliphatic heterocycles. The standard InChI is InChI=1S/C9H4Cl5N3OS/c10-5-1-2-7(6(11)3-5)16-4-15-17(8(16)18)19-9(12,13)14/h1-4H. The second-order valence-electron chi connectivity index (χ2n) is 3.29. The number of hydrogen-bond donors (Lipinski definition) is 0. The van der Waals surface area contributed by atoms with Crippen LogP contribution in [0.3, 0.4) is 0 Å². The molecule has 0 fully saturated rings. The van der Waals surface area contributed by atoms with Gasteiger partial charge in [-0.1, -0.05) is 58.0 Å². The van der Waals surface area contributed by atoms with Gasteiger partial charge in [0.1, 0.15) is 6.33 Å². The Labute approximate surface area is 137 Å². The second-order valence-corrected chi connectivity index (χ2v) is 8.23. The molecule has 0 bridgehead atoms. The van der Waals surface area contributed by atoms with Gasteiger partial charge in [-0.15, -0.1) is 9.19 Å². The summed E-state index contributed by atoms with van der Waals surface area (Å²) in [5.74, 6) is 0. The molecule has 0 atom stereocenters. The minimum Gasteiger partial charge on any atom is -0.247 e. The highest BCUT2D eigenvalue weighted by Crippen LogP contribution is 2.38. The molecule has 1 heterocycles. The largest absolute Gasteiger partial charge is 0.361 e. The smallest absolute Gasteiger partial charge is 0.247 e. The first kappa shape index (κ1) is 15.4. The van der Waals surface area contributed by atoms with E-state index in [2.05, 4.69) is 5.10 Å². The second kappa shape index (κ2) is 5.76. The summed E-state index contributed by atoms with van der Waals surface area (Å²) in [7, 11) is 0. The number of aromatic nitrogens is 3. The van der Waals surface area contributed by atoms with Gasteiger partial charge in [-0.2, -0.15) is 0 Å². The van der Waals surface area contributed by atoms with E-state index in [1.54, 1.807) is 12.1 Å². The molecule has 0 unspecified atom stereocenters. The quantitative estimate of drug-likeness (QED) is 0.736. The normalized spacial score (nSPS) is 11.8. The van der Waals surface area contributed by atoms with Crippen molar-refractivity contribution in [2.24, 2.45) is 0 Å². The SMILES string of the molecule is O=c1n(-c2ccc(Cl)cc2Cl)cnn1SC(Cl)(Cl)Cl. The molecule has 1 aromatic carbocycles. The molecule has 0 N–H and O–H groups in total. The third-order valence-corrected chi connectivity index (χ3v) is 3.79. The molecule has 1 aromatic heterocycles. The van der Waals surface area contributed by atoms with E-state index < -0.39 is 8.81 Å². The number of rotatable bonds is 2. The zero-order valence-corrected chi connectivity index (χ0v) is 13.5. The van der Waals surface area contributed by atoms with E-state index in [0.29, 0.717) is 27.7 Å². The summed E-state index contributed by atoms with van der Waals surface area (Å²) in [5.41, 5.74) is -0.0622. The van der Waals surface area contributed by atoms with E-state index in [-0.39, 0.29) is 0 Å². The predicted molar refractivity (Wildman–Crippen MR) is 81.1 cm³/mol. The van der Waals surface area contributed by atoms with Gasteiger partial charge in [0.05, 0.1) is 10.7 Å². The zero-order chi connectivity index (χ0) is 14.2. The van der Waals surface area contributed by atoms with E-state index in [1.165, 1.54) is 17.0 Å². The molecule has 0 saturated heterocycles. The van der Waals surface area contributed by atoms with Crippen LogP contribution in [-0.2, 0) is 0 Å². The van der Waals surface area contributed by atoms with Crippen molar-refractivity contribution in [1.82, 2.24) is 13.8 Å². The highest BCUT2D eigenvalue weighted by molar-refractivity contribution is 8.03.